The molecule has 3 atom stereocenters. The van der Waals surface area contributed by atoms with Crippen molar-refractivity contribution in [1.29, 1.82) is 0 Å². The molecule has 2 amide bonds. The molecule has 2 N–H and O–H groups in total. The van der Waals surface area contributed by atoms with Gasteiger partial charge in [-0.15, -0.1) is 11.3 Å². The third-order valence-electron chi connectivity index (χ3n) is 4.49. The first kappa shape index (κ1) is 14.3. The number of likely N-dealkylation sites (tertiary alicyclic amines) is 1. The van der Waals surface area contributed by atoms with Crippen LogP contribution in [0.15, 0.2) is 5.38 Å². The Kier molecular flexibility index (Phi) is 3.84. The Hall–Kier alpha value is -1.63. The lowest BCUT2D eigenvalue weighted by atomic mass is 9.94. The van der Waals surface area contributed by atoms with Crippen molar-refractivity contribution in [2.24, 2.45) is 11.8 Å². The molecule has 1 aliphatic carbocycles. The number of amides is 2. The van der Waals surface area contributed by atoms with Crippen LogP contribution >= 0.6 is 11.3 Å². The highest BCUT2D eigenvalue weighted by atomic mass is 32.1. The summed E-state index contributed by atoms with van der Waals surface area (Å²) in [6.45, 7) is 2.82. The number of hydrogen-bond donors (Lipinski definition) is 2. The first-order valence-corrected chi connectivity index (χ1v) is 8.12. The standard InChI is InChI=1S/C14H19N3O3S/c1-8-16-10(7-21-8)5-15-14(20)17-6-9-3-2-4-11(9)12(17)13(18)19/h7,9,11-12H,2-6H2,1H3,(H,15,20)(H,18,19). The molecular weight excluding hydrogens is 290 g/mol. The first-order chi connectivity index (χ1) is 10.1. The summed E-state index contributed by atoms with van der Waals surface area (Å²) < 4.78 is 0. The number of thiazole rings is 1. The molecule has 114 valence electrons. The number of urea groups is 1. The van der Waals surface area contributed by atoms with Crippen LogP contribution < -0.4 is 5.32 Å². The summed E-state index contributed by atoms with van der Waals surface area (Å²) in [6.07, 6.45) is 3.02. The highest BCUT2D eigenvalue weighted by Crippen LogP contribution is 2.42. The van der Waals surface area contributed by atoms with Gasteiger partial charge in [0.1, 0.15) is 6.04 Å². The lowest BCUT2D eigenvalue weighted by Crippen LogP contribution is -2.47. The van der Waals surface area contributed by atoms with E-state index in [1.165, 1.54) is 16.2 Å². The van der Waals surface area contributed by atoms with Crippen molar-refractivity contribution in [3.8, 4) is 0 Å². The van der Waals surface area contributed by atoms with Gasteiger partial charge in [0.05, 0.1) is 17.2 Å². The Labute approximate surface area is 127 Å². The van der Waals surface area contributed by atoms with E-state index in [9.17, 15) is 14.7 Å². The van der Waals surface area contributed by atoms with E-state index in [4.69, 9.17) is 0 Å². The summed E-state index contributed by atoms with van der Waals surface area (Å²) >= 11 is 1.54. The van der Waals surface area contributed by atoms with E-state index in [1.807, 2.05) is 12.3 Å². The van der Waals surface area contributed by atoms with Crippen LogP contribution in [0, 0.1) is 18.8 Å². The number of aromatic nitrogens is 1. The van der Waals surface area contributed by atoms with E-state index < -0.39 is 12.0 Å². The normalized spacial score (nSPS) is 27.7. The maximum absolute atomic E-state index is 12.3. The number of nitrogens with zero attached hydrogens (tertiary/aromatic N) is 2. The molecule has 1 aromatic heterocycles. The van der Waals surface area contributed by atoms with Gasteiger partial charge in [0.15, 0.2) is 0 Å². The van der Waals surface area contributed by atoms with E-state index >= 15 is 0 Å². The van der Waals surface area contributed by atoms with Gasteiger partial charge < -0.3 is 15.3 Å². The highest BCUT2D eigenvalue weighted by Gasteiger charge is 2.49. The minimum atomic E-state index is -0.885. The third kappa shape index (κ3) is 2.74. The van der Waals surface area contributed by atoms with E-state index in [0.29, 0.717) is 19.0 Å². The minimum Gasteiger partial charge on any atom is -0.480 e. The number of carboxylic acid groups (broad SMARTS) is 1. The lowest BCUT2D eigenvalue weighted by Gasteiger charge is -2.24. The Morgan fingerprint density at radius 1 is 1.52 bits per heavy atom. The molecule has 1 saturated carbocycles. The van der Waals surface area contributed by atoms with Crippen molar-refractivity contribution in [2.45, 2.75) is 38.8 Å². The minimum absolute atomic E-state index is 0.120. The van der Waals surface area contributed by atoms with E-state index in [1.54, 1.807) is 0 Å². The largest absolute Gasteiger partial charge is 0.480 e. The van der Waals surface area contributed by atoms with Crippen molar-refractivity contribution in [3.63, 3.8) is 0 Å². The predicted octanol–water partition coefficient (Wildman–Crippen LogP) is 1.85. The van der Waals surface area contributed by atoms with Crippen LogP contribution in [0.4, 0.5) is 4.79 Å². The fourth-order valence-corrected chi connectivity index (χ4v) is 4.20. The zero-order valence-corrected chi connectivity index (χ0v) is 12.7. The average Bonchev–Trinajstić information content (AvgIpc) is 3.09. The number of carboxylic acids is 1. The van der Waals surface area contributed by atoms with E-state index in [2.05, 4.69) is 10.3 Å². The molecule has 3 unspecified atom stereocenters. The van der Waals surface area contributed by atoms with Crippen molar-refractivity contribution >= 4 is 23.3 Å². The monoisotopic (exact) mass is 309 g/mol. The summed E-state index contributed by atoms with van der Waals surface area (Å²) in [5, 5.41) is 15.1. The summed E-state index contributed by atoms with van der Waals surface area (Å²) in [5.41, 5.74) is 0.817. The number of nitrogens with one attached hydrogen (secondary N) is 1. The van der Waals surface area contributed by atoms with Crippen molar-refractivity contribution in [3.05, 3.63) is 16.1 Å². The van der Waals surface area contributed by atoms with Crippen molar-refractivity contribution in [2.75, 3.05) is 6.54 Å². The molecule has 0 bridgehead atoms. The molecule has 1 aromatic rings. The Morgan fingerprint density at radius 3 is 3.00 bits per heavy atom. The van der Waals surface area contributed by atoms with Gasteiger partial charge in [0.25, 0.3) is 0 Å². The summed E-state index contributed by atoms with van der Waals surface area (Å²) in [5.74, 6) is -0.419. The van der Waals surface area contributed by atoms with Gasteiger partial charge in [-0.1, -0.05) is 6.42 Å². The van der Waals surface area contributed by atoms with Crippen LogP contribution in [0.25, 0.3) is 0 Å². The van der Waals surface area contributed by atoms with Gasteiger partial charge >= 0.3 is 12.0 Å². The molecule has 2 heterocycles. The topological polar surface area (TPSA) is 82.5 Å². The quantitative estimate of drug-likeness (QED) is 0.892. The maximum atomic E-state index is 12.3. The van der Waals surface area contributed by atoms with Gasteiger partial charge in [-0.3, -0.25) is 0 Å². The first-order valence-electron chi connectivity index (χ1n) is 7.24. The van der Waals surface area contributed by atoms with Gasteiger partial charge in [-0.2, -0.15) is 0 Å². The smallest absolute Gasteiger partial charge is 0.326 e. The van der Waals surface area contributed by atoms with Crippen LogP contribution in [0.2, 0.25) is 0 Å². The van der Waals surface area contributed by atoms with E-state index in [0.717, 1.165) is 30.0 Å². The van der Waals surface area contributed by atoms with Crippen LogP contribution in [-0.2, 0) is 11.3 Å². The molecule has 0 radical (unpaired) electrons. The Morgan fingerprint density at radius 2 is 2.33 bits per heavy atom. The SMILES string of the molecule is Cc1nc(CNC(=O)N2CC3CCCC3C2C(=O)O)cs1. The summed E-state index contributed by atoms with van der Waals surface area (Å²) in [6, 6.07) is -0.961. The fourth-order valence-electron chi connectivity index (χ4n) is 3.59. The zero-order valence-electron chi connectivity index (χ0n) is 11.9. The summed E-state index contributed by atoms with van der Waals surface area (Å²) in [7, 11) is 0. The number of aliphatic carboxylic acids is 1. The van der Waals surface area contributed by atoms with Crippen LogP contribution in [0.3, 0.4) is 0 Å². The van der Waals surface area contributed by atoms with Gasteiger partial charge in [0, 0.05) is 11.9 Å². The fraction of sp³-hybridized carbons (Fsp3) is 0.643. The predicted molar refractivity (Wildman–Crippen MR) is 78.0 cm³/mol. The lowest BCUT2D eigenvalue weighted by molar-refractivity contribution is -0.142. The second-order valence-electron chi connectivity index (χ2n) is 5.81. The highest BCUT2D eigenvalue weighted by molar-refractivity contribution is 7.09. The molecule has 3 rings (SSSR count). The van der Waals surface area contributed by atoms with Crippen LogP contribution in [0.1, 0.15) is 30.0 Å². The molecule has 2 fully saturated rings. The number of aryl methyl sites for hydroxylation is 1. The molecule has 2 aliphatic rings. The number of hydrogen-bond acceptors (Lipinski definition) is 4. The van der Waals surface area contributed by atoms with Crippen molar-refractivity contribution in [1.82, 2.24) is 15.2 Å². The molecular formula is C14H19N3O3S. The van der Waals surface area contributed by atoms with Crippen molar-refractivity contribution < 1.29 is 14.7 Å². The molecule has 21 heavy (non-hydrogen) atoms. The van der Waals surface area contributed by atoms with E-state index in [-0.39, 0.29) is 11.9 Å². The molecule has 6 nitrogen and oxygen atoms in total. The molecule has 0 spiro atoms. The second kappa shape index (κ2) is 5.63. The second-order valence-corrected chi connectivity index (χ2v) is 6.87. The maximum Gasteiger partial charge on any atom is 0.326 e. The van der Waals surface area contributed by atoms with Gasteiger partial charge in [-0.25, -0.2) is 14.6 Å². The molecule has 0 aromatic carbocycles. The third-order valence-corrected chi connectivity index (χ3v) is 5.31. The molecule has 7 heteroatoms. The Bertz CT molecular complexity index is 559. The number of carbonyl (C=O) groups is 2. The molecule has 1 saturated heterocycles. The average molecular weight is 309 g/mol. The number of rotatable bonds is 3. The van der Waals surface area contributed by atoms with Gasteiger partial charge in [0.2, 0.25) is 0 Å². The summed E-state index contributed by atoms with van der Waals surface area (Å²) in [4.78, 5) is 29.6. The number of carbonyl (C=O) groups excluding carboxylic acids is 1. The van der Waals surface area contributed by atoms with Crippen LogP contribution in [0.5, 0.6) is 0 Å². The zero-order chi connectivity index (χ0) is 15.0. The Balaban J connectivity index is 1.64. The molecule has 1 aliphatic heterocycles. The number of fused-ring (bicyclic) bond motifs is 1. The van der Waals surface area contributed by atoms with Gasteiger partial charge in [-0.05, 0) is 31.6 Å². The van der Waals surface area contributed by atoms with Crippen LogP contribution in [-0.4, -0.2) is 39.6 Å².